The Balaban J connectivity index is 2.16. The van der Waals surface area contributed by atoms with Gasteiger partial charge in [-0.15, -0.1) is 0 Å². The molecule has 2 rings (SSSR count). The maximum atomic E-state index is 12.0. The zero-order valence-electron chi connectivity index (χ0n) is 12.8. The van der Waals surface area contributed by atoms with Crippen molar-refractivity contribution < 1.29 is 13.2 Å². The number of halogens is 1. The largest absolute Gasteiger partial charge is 0.379 e. The summed E-state index contributed by atoms with van der Waals surface area (Å²) in [7, 11) is -0.432. The Hall–Kier alpha value is -0.700. The van der Waals surface area contributed by atoms with Crippen molar-refractivity contribution in [1.82, 2.24) is 13.9 Å². The van der Waals surface area contributed by atoms with E-state index in [4.69, 9.17) is 16.3 Å². The van der Waals surface area contributed by atoms with Crippen molar-refractivity contribution in [2.75, 3.05) is 46.9 Å². The summed E-state index contributed by atoms with van der Waals surface area (Å²) in [6.45, 7) is 3.17. The molecule has 1 fully saturated rings. The number of benzene rings is 1. The van der Waals surface area contributed by atoms with E-state index in [1.807, 2.05) is 24.3 Å². The molecule has 0 aliphatic carbocycles. The van der Waals surface area contributed by atoms with Crippen LogP contribution in [-0.4, -0.2) is 64.6 Å². The van der Waals surface area contributed by atoms with Crippen LogP contribution < -0.4 is 4.72 Å². The van der Waals surface area contributed by atoms with E-state index < -0.39 is 10.2 Å². The summed E-state index contributed by atoms with van der Waals surface area (Å²) in [4.78, 5) is 2.23. The zero-order chi connectivity index (χ0) is 16.2. The second-order valence-corrected chi connectivity index (χ2v) is 7.76. The third-order valence-electron chi connectivity index (χ3n) is 3.68. The molecular formula is C14H22ClN3O3S. The minimum Gasteiger partial charge on any atom is -0.379 e. The number of hydrogen-bond acceptors (Lipinski definition) is 4. The van der Waals surface area contributed by atoms with Crippen LogP contribution >= 0.6 is 11.6 Å². The third-order valence-corrected chi connectivity index (χ3v) is 5.43. The number of hydrogen-bond donors (Lipinski definition) is 1. The van der Waals surface area contributed by atoms with E-state index in [1.54, 1.807) is 0 Å². The molecule has 0 bridgehead atoms. The first-order chi connectivity index (χ1) is 10.4. The molecule has 1 atom stereocenters. The molecule has 0 radical (unpaired) electrons. The molecule has 1 aliphatic rings. The molecule has 1 heterocycles. The molecule has 1 unspecified atom stereocenters. The molecule has 0 amide bonds. The fourth-order valence-corrected chi connectivity index (χ4v) is 3.10. The van der Waals surface area contributed by atoms with Gasteiger partial charge in [0, 0.05) is 44.8 Å². The van der Waals surface area contributed by atoms with Gasteiger partial charge in [-0.1, -0.05) is 23.7 Å². The van der Waals surface area contributed by atoms with Crippen LogP contribution in [0.1, 0.15) is 11.6 Å². The maximum Gasteiger partial charge on any atom is 0.278 e. The Labute approximate surface area is 137 Å². The number of ether oxygens (including phenoxy) is 1. The highest BCUT2D eigenvalue weighted by Crippen LogP contribution is 2.23. The summed E-state index contributed by atoms with van der Waals surface area (Å²) in [5, 5.41) is 0.665. The van der Waals surface area contributed by atoms with Gasteiger partial charge in [-0.05, 0) is 17.7 Å². The lowest BCUT2D eigenvalue weighted by Crippen LogP contribution is -2.45. The number of nitrogens with one attached hydrogen (secondary N) is 1. The first-order valence-corrected chi connectivity index (χ1v) is 8.96. The van der Waals surface area contributed by atoms with Crippen LogP contribution in [0.3, 0.4) is 0 Å². The van der Waals surface area contributed by atoms with Crippen molar-refractivity contribution in [3.63, 3.8) is 0 Å². The quantitative estimate of drug-likeness (QED) is 0.837. The minimum absolute atomic E-state index is 0.0455. The van der Waals surface area contributed by atoms with Gasteiger partial charge in [-0.2, -0.15) is 12.7 Å². The van der Waals surface area contributed by atoms with Crippen LogP contribution in [-0.2, 0) is 14.9 Å². The molecule has 1 N–H and O–H groups in total. The summed E-state index contributed by atoms with van der Waals surface area (Å²) >= 11 is 5.94. The minimum atomic E-state index is -3.45. The van der Waals surface area contributed by atoms with Crippen molar-refractivity contribution in [1.29, 1.82) is 0 Å². The van der Waals surface area contributed by atoms with Crippen molar-refractivity contribution in [3.8, 4) is 0 Å². The Bertz CT molecular complexity index is 572. The van der Waals surface area contributed by atoms with Crippen LogP contribution in [0.2, 0.25) is 5.02 Å². The van der Waals surface area contributed by atoms with Gasteiger partial charge in [0.25, 0.3) is 10.2 Å². The number of nitrogens with zero attached hydrogens (tertiary/aromatic N) is 2. The molecule has 1 saturated heterocycles. The van der Waals surface area contributed by atoms with Gasteiger partial charge in [-0.25, -0.2) is 4.72 Å². The maximum absolute atomic E-state index is 12.0. The fourth-order valence-electron chi connectivity index (χ4n) is 2.35. The highest BCUT2D eigenvalue weighted by atomic mass is 35.5. The molecule has 8 heteroatoms. The highest BCUT2D eigenvalue weighted by molar-refractivity contribution is 7.87. The van der Waals surface area contributed by atoms with E-state index in [0.29, 0.717) is 24.8 Å². The van der Waals surface area contributed by atoms with Crippen molar-refractivity contribution in [3.05, 3.63) is 34.9 Å². The lowest BCUT2D eigenvalue weighted by Gasteiger charge is -2.35. The van der Waals surface area contributed by atoms with Gasteiger partial charge in [-0.3, -0.25) is 4.90 Å². The molecular weight excluding hydrogens is 326 g/mol. The van der Waals surface area contributed by atoms with Crippen molar-refractivity contribution >= 4 is 21.8 Å². The van der Waals surface area contributed by atoms with Gasteiger partial charge >= 0.3 is 0 Å². The standard InChI is InChI=1S/C14H22ClN3O3S/c1-17(2)22(19,20)16-11-14(18-7-9-21-10-8-18)12-3-5-13(15)6-4-12/h3-6,14,16H,7-11H2,1-2H3. The van der Waals surface area contributed by atoms with Gasteiger partial charge < -0.3 is 4.74 Å². The van der Waals surface area contributed by atoms with E-state index in [0.717, 1.165) is 18.7 Å². The van der Waals surface area contributed by atoms with E-state index in [-0.39, 0.29) is 6.04 Å². The van der Waals surface area contributed by atoms with Crippen LogP contribution in [0, 0.1) is 0 Å². The summed E-state index contributed by atoms with van der Waals surface area (Å²) < 4.78 is 33.1. The lowest BCUT2D eigenvalue weighted by atomic mass is 10.1. The smallest absolute Gasteiger partial charge is 0.278 e. The number of rotatable bonds is 6. The molecule has 124 valence electrons. The number of morpholine rings is 1. The second-order valence-electron chi connectivity index (χ2n) is 5.35. The molecule has 0 spiro atoms. The second kappa shape index (κ2) is 7.72. The van der Waals surface area contributed by atoms with Crippen LogP contribution in [0.4, 0.5) is 0 Å². The van der Waals surface area contributed by atoms with Crippen molar-refractivity contribution in [2.24, 2.45) is 0 Å². The van der Waals surface area contributed by atoms with E-state index in [1.165, 1.54) is 18.4 Å². The first kappa shape index (κ1) is 17.7. The SMILES string of the molecule is CN(C)S(=O)(=O)NCC(c1ccc(Cl)cc1)N1CCOCC1. The predicted molar refractivity (Wildman–Crippen MR) is 87.2 cm³/mol. The molecule has 1 aliphatic heterocycles. The highest BCUT2D eigenvalue weighted by Gasteiger charge is 2.25. The average molecular weight is 348 g/mol. The summed E-state index contributed by atoms with van der Waals surface area (Å²) in [6.07, 6.45) is 0. The lowest BCUT2D eigenvalue weighted by molar-refractivity contribution is 0.0171. The van der Waals surface area contributed by atoms with Gasteiger partial charge in [0.05, 0.1) is 13.2 Å². The monoisotopic (exact) mass is 347 g/mol. The molecule has 1 aromatic rings. The average Bonchev–Trinajstić information content (AvgIpc) is 2.50. The summed E-state index contributed by atoms with van der Waals surface area (Å²) in [6, 6.07) is 7.48. The van der Waals surface area contributed by atoms with Gasteiger partial charge in [0.2, 0.25) is 0 Å². The Morgan fingerprint density at radius 2 is 1.86 bits per heavy atom. The Morgan fingerprint density at radius 3 is 2.41 bits per heavy atom. The normalized spacial score (nSPS) is 18.5. The fraction of sp³-hybridized carbons (Fsp3) is 0.571. The molecule has 6 nitrogen and oxygen atoms in total. The Kier molecular flexibility index (Phi) is 6.19. The van der Waals surface area contributed by atoms with E-state index >= 15 is 0 Å². The molecule has 1 aromatic carbocycles. The molecule has 0 saturated carbocycles. The van der Waals surface area contributed by atoms with Crippen LogP contribution in [0.15, 0.2) is 24.3 Å². The first-order valence-electron chi connectivity index (χ1n) is 7.14. The van der Waals surface area contributed by atoms with Crippen molar-refractivity contribution in [2.45, 2.75) is 6.04 Å². The van der Waals surface area contributed by atoms with E-state index in [2.05, 4.69) is 9.62 Å². The van der Waals surface area contributed by atoms with E-state index in [9.17, 15) is 8.42 Å². The zero-order valence-corrected chi connectivity index (χ0v) is 14.4. The predicted octanol–water partition coefficient (Wildman–Crippen LogP) is 1.11. The Morgan fingerprint density at radius 1 is 1.27 bits per heavy atom. The molecule has 22 heavy (non-hydrogen) atoms. The summed E-state index contributed by atoms with van der Waals surface area (Å²) in [5.74, 6) is 0. The molecule has 0 aromatic heterocycles. The third kappa shape index (κ3) is 4.65. The van der Waals surface area contributed by atoms with Crippen LogP contribution in [0.25, 0.3) is 0 Å². The van der Waals surface area contributed by atoms with Gasteiger partial charge in [0.15, 0.2) is 0 Å². The van der Waals surface area contributed by atoms with Gasteiger partial charge in [0.1, 0.15) is 0 Å². The summed E-state index contributed by atoms with van der Waals surface area (Å²) in [5.41, 5.74) is 1.03. The van der Waals surface area contributed by atoms with Crippen LogP contribution in [0.5, 0.6) is 0 Å². The topological polar surface area (TPSA) is 61.9 Å².